The minimum Gasteiger partial charge on any atom is -0.309 e. The molecular weight excluding hydrogens is 462 g/mol. The van der Waals surface area contributed by atoms with Gasteiger partial charge in [0.05, 0.1) is 22.4 Å². The zero-order chi connectivity index (χ0) is 25.5. The second-order valence-electron chi connectivity index (χ2n) is 9.65. The Kier molecular flexibility index (Phi) is 5.33. The molecule has 0 radical (unpaired) electrons. The first-order chi connectivity index (χ1) is 18.7. The molecule has 38 heavy (non-hydrogen) atoms. The maximum atomic E-state index is 4.83. The smallest absolute Gasteiger partial charge is 0.0705 e. The Morgan fingerprint density at radius 3 is 2.11 bits per heavy atom. The Morgan fingerprint density at radius 1 is 0.500 bits per heavy atom. The van der Waals surface area contributed by atoms with Gasteiger partial charge in [0.1, 0.15) is 0 Å². The van der Waals surface area contributed by atoms with E-state index in [1.54, 1.807) is 0 Å². The fourth-order valence-corrected chi connectivity index (χ4v) is 5.27. The average molecular weight is 488 g/mol. The number of para-hydroxylation sites is 1. The summed E-state index contributed by atoms with van der Waals surface area (Å²) < 4.78 is 2.35. The van der Waals surface area contributed by atoms with E-state index in [0.29, 0.717) is 0 Å². The van der Waals surface area contributed by atoms with Gasteiger partial charge in [-0.05, 0) is 60.5 Å². The largest absolute Gasteiger partial charge is 0.309 e. The molecule has 0 spiro atoms. The monoisotopic (exact) mass is 487 g/mol. The van der Waals surface area contributed by atoms with Crippen LogP contribution >= 0.6 is 0 Å². The first-order valence-corrected chi connectivity index (χ1v) is 12.8. The van der Waals surface area contributed by atoms with Crippen molar-refractivity contribution < 1.29 is 0 Å². The molecule has 0 aliphatic heterocycles. The SMILES string of the molecule is Cc1ccnc(-c2cccc(-n3c4ccccc4c4ccc(-c5ccc(-c6ccccc6)cn5)cc43)c2)c1. The van der Waals surface area contributed by atoms with E-state index in [1.165, 1.54) is 27.4 Å². The molecule has 3 nitrogen and oxygen atoms in total. The van der Waals surface area contributed by atoms with E-state index < -0.39 is 0 Å². The summed E-state index contributed by atoms with van der Waals surface area (Å²) in [5.41, 5.74) is 11.1. The van der Waals surface area contributed by atoms with E-state index >= 15 is 0 Å². The number of rotatable bonds is 4. The average Bonchev–Trinajstić information content (AvgIpc) is 3.31. The Bertz CT molecular complexity index is 1920. The fraction of sp³-hybridized carbons (Fsp3) is 0.0286. The van der Waals surface area contributed by atoms with Crippen LogP contribution in [-0.2, 0) is 0 Å². The van der Waals surface area contributed by atoms with Crippen molar-refractivity contribution in [2.75, 3.05) is 0 Å². The molecule has 0 aliphatic carbocycles. The van der Waals surface area contributed by atoms with E-state index in [4.69, 9.17) is 4.98 Å². The molecule has 3 aromatic heterocycles. The molecule has 0 saturated heterocycles. The summed E-state index contributed by atoms with van der Waals surface area (Å²) in [5, 5.41) is 2.46. The number of fused-ring (bicyclic) bond motifs is 3. The predicted octanol–water partition coefficient (Wildman–Crippen LogP) is 8.88. The molecule has 3 heteroatoms. The highest BCUT2D eigenvalue weighted by atomic mass is 15.0. The zero-order valence-corrected chi connectivity index (χ0v) is 21.0. The van der Waals surface area contributed by atoms with E-state index in [-0.39, 0.29) is 0 Å². The summed E-state index contributed by atoms with van der Waals surface area (Å²) >= 11 is 0. The van der Waals surface area contributed by atoms with Gasteiger partial charge in [0.15, 0.2) is 0 Å². The highest BCUT2D eigenvalue weighted by Crippen LogP contribution is 2.35. The number of pyridine rings is 2. The van der Waals surface area contributed by atoms with Crippen LogP contribution in [0.4, 0.5) is 0 Å². The zero-order valence-electron chi connectivity index (χ0n) is 21.0. The lowest BCUT2D eigenvalue weighted by Crippen LogP contribution is -1.95. The lowest BCUT2D eigenvalue weighted by molar-refractivity contribution is 1.18. The summed E-state index contributed by atoms with van der Waals surface area (Å²) in [6.07, 6.45) is 3.84. The van der Waals surface area contributed by atoms with Crippen molar-refractivity contribution in [3.8, 4) is 39.3 Å². The van der Waals surface area contributed by atoms with Crippen LogP contribution in [0.3, 0.4) is 0 Å². The third-order valence-electron chi connectivity index (χ3n) is 7.16. The summed E-state index contributed by atoms with van der Waals surface area (Å²) in [6.45, 7) is 2.10. The lowest BCUT2D eigenvalue weighted by atomic mass is 10.0. The van der Waals surface area contributed by atoms with Crippen LogP contribution in [0.25, 0.3) is 61.1 Å². The van der Waals surface area contributed by atoms with E-state index in [9.17, 15) is 0 Å². The third kappa shape index (κ3) is 3.86. The maximum absolute atomic E-state index is 4.83. The molecule has 3 heterocycles. The van der Waals surface area contributed by atoms with Crippen LogP contribution < -0.4 is 0 Å². The Balaban J connectivity index is 1.38. The third-order valence-corrected chi connectivity index (χ3v) is 7.16. The maximum Gasteiger partial charge on any atom is 0.0705 e. The van der Waals surface area contributed by atoms with Gasteiger partial charge >= 0.3 is 0 Å². The molecule has 0 aliphatic rings. The standard InChI is InChI=1S/C35H25N3/c1-24-18-19-36-33(20-24)26-10-7-11-29(21-26)38-34-13-6-5-12-30(34)31-16-14-27(22-35(31)38)32-17-15-28(23-37-32)25-8-3-2-4-9-25/h2-23H,1H3. The van der Waals surface area contributed by atoms with Gasteiger partial charge in [-0.1, -0.05) is 78.9 Å². The van der Waals surface area contributed by atoms with E-state index in [0.717, 1.165) is 39.3 Å². The number of aromatic nitrogens is 3. The van der Waals surface area contributed by atoms with Gasteiger partial charge in [-0.15, -0.1) is 0 Å². The van der Waals surface area contributed by atoms with Crippen molar-refractivity contribution in [1.29, 1.82) is 0 Å². The Labute approximate surface area is 221 Å². The lowest BCUT2D eigenvalue weighted by Gasteiger charge is -2.11. The van der Waals surface area contributed by atoms with Gasteiger partial charge in [-0.3, -0.25) is 9.97 Å². The summed E-state index contributed by atoms with van der Waals surface area (Å²) in [4.78, 5) is 9.46. The van der Waals surface area contributed by atoms with Crippen molar-refractivity contribution in [3.05, 3.63) is 139 Å². The van der Waals surface area contributed by atoms with E-state index in [2.05, 4.69) is 126 Å². The first-order valence-electron chi connectivity index (χ1n) is 12.8. The van der Waals surface area contributed by atoms with Crippen molar-refractivity contribution >= 4 is 21.8 Å². The summed E-state index contributed by atoms with van der Waals surface area (Å²) in [5.74, 6) is 0. The van der Waals surface area contributed by atoms with Crippen LogP contribution in [0.15, 0.2) is 134 Å². The molecule has 0 unspecified atom stereocenters. The topological polar surface area (TPSA) is 30.7 Å². The molecule has 0 saturated carbocycles. The highest BCUT2D eigenvalue weighted by Gasteiger charge is 2.14. The number of benzene rings is 4. The van der Waals surface area contributed by atoms with Crippen molar-refractivity contribution in [2.45, 2.75) is 6.92 Å². The van der Waals surface area contributed by atoms with Crippen LogP contribution in [0.2, 0.25) is 0 Å². The molecule has 180 valence electrons. The number of hydrogen-bond donors (Lipinski definition) is 0. The van der Waals surface area contributed by atoms with Gasteiger partial charge in [0.2, 0.25) is 0 Å². The van der Waals surface area contributed by atoms with Gasteiger partial charge < -0.3 is 4.57 Å². The number of nitrogens with zero attached hydrogens (tertiary/aromatic N) is 3. The quantitative estimate of drug-likeness (QED) is 0.248. The second kappa shape index (κ2) is 9.13. The molecular formula is C35H25N3. The van der Waals surface area contributed by atoms with Crippen LogP contribution in [-0.4, -0.2) is 14.5 Å². The highest BCUT2D eigenvalue weighted by molar-refractivity contribution is 6.10. The van der Waals surface area contributed by atoms with Gasteiger partial charge in [-0.25, -0.2) is 0 Å². The molecule has 4 aromatic carbocycles. The first kappa shape index (κ1) is 22.2. The van der Waals surface area contributed by atoms with Crippen LogP contribution in [0.1, 0.15) is 5.56 Å². The van der Waals surface area contributed by atoms with Crippen LogP contribution in [0.5, 0.6) is 0 Å². The second-order valence-corrected chi connectivity index (χ2v) is 9.65. The molecule has 7 aromatic rings. The number of hydrogen-bond acceptors (Lipinski definition) is 2. The fourth-order valence-electron chi connectivity index (χ4n) is 5.27. The predicted molar refractivity (Wildman–Crippen MR) is 157 cm³/mol. The minimum absolute atomic E-state index is 0.959. The van der Waals surface area contributed by atoms with Gasteiger partial charge in [-0.2, -0.15) is 0 Å². The molecule has 0 bridgehead atoms. The van der Waals surface area contributed by atoms with Gasteiger partial charge in [0, 0.05) is 45.5 Å². The summed E-state index contributed by atoms with van der Waals surface area (Å²) in [7, 11) is 0. The van der Waals surface area contributed by atoms with Crippen molar-refractivity contribution in [2.24, 2.45) is 0 Å². The van der Waals surface area contributed by atoms with E-state index in [1.807, 2.05) is 24.5 Å². The summed E-state index contributed by atoms with van der Waals surface area (Å²) in [6, 6.07) is 42.7. The molecule has 0 amide bonds. The Hall–Kier alpha value is -5.02. The normalized spacial score (nSPS) is 11.3. The molecule has 0 atom stereocenters. The Morgan fingerprint density at radius 2 is 1.26 bits per heavy atom. The van der Waals surface area contributed by atoms with Crippen molar-refractivity contribution in [3.63, 3.8) is 0 Å². The number of aryl methyl sites for hydroxylation is 1. The van der Waals surface area contributed by atoms with Crippen LogP contribution in [0, 0.1) is 6.92 Å². The molecule has 7 rings (SSSR count). The van der Waals surface area contributed by atoms with Crippen molar-refractivity contribution in [1.82, 2.24) is 14.5 Å². The van der Waals surface area contributed by atoms with Gasteiger partial charge in [0.25, 0.3) is 0 Å². The minimum atomic E-state index is 0.959. The molecule has 0 N–H and O–H groups in total. The molecule has 0 fully saturated rings.